The molecule has 0 aromatic carbocycles. The van der Waals surface area contributed by atoms with Gasteiger partial charge in [-0.05, 0) is 26.7 Å². The summed E-state index contributed by atoms with van der Waals surface area (Å²) in [6.45, 7) is 5.09. The molecule has 15 heavy (non-hydrogen) atoms. The third kappa shape index (κ3) is 4.24. The highest BCUT2D eigenvalue weighted by Crippen LogP contribution is 2.13. The van der Waals surface area contributed by atoms with Gasteiger partial charge in [0.2, 0.25) is 0 Å². The second-order valence-electron chi connectivity index (χ2n) is 4.30. The number of hydrogen-bond donors (Lipinski definition) is 2. The Morgan fingerprint density at radius 2 is 1.80 bits per heavy atom. The van der Waals surface area contributed by atoms with Gasteiger partial charge in [-0.1, -0.05) is 0 Å². The van der Waals surface area contributed by atoms with E-state index in [1.54, 1.807) is 13.8 Å². The van der Waals surface area contributed by atoms with Gasteiger partial charge in [0, 0.05) is 25.2 Å². The van der Waals surface area contributed by atoms with Crippen molar-refractivity contribution in [2.75, 3.05) is 19.6 Å². The lowest BCUT2D eigenvalue weighted by molar-refractivity contribution is 0.414. The topological polar surface area (TPSA) is 75.4 Å². The van der Waals surface area contributed by atoms with Crippen LogP contribution in [-0.2, 0) is 10.2 Å². The first-order chi connectivity index (χ1) is 6.37. The van der Waals surface area contributed by atoms with Gasteiger partial charge in [0.05, 0.1) is 0 Å². The van der Waals surface area contributed by atoms with E-state index in [1.807, 2.05) is 0 Å². The zero-order chi connectivity index (χ0) is 10.8. The average molecular weight is 258 g/mol. The van der Waals surface area contributed by atoms with Crippen LogP contribution in [0.25, 0.3) is 0 Å². The van der Waals surface area contributed by atoms with Crippen molar-refractivity contribution in [1.29, 1.82) is 0 Å². The van der Waals surface area contributed by atoms with Gasteiger partial charge in [0.25, 0.3) is 10.2 Å². The Bertz CT molecular complexity index is 286. The summed E-state index contributed by atoms with van der Waals surface area (Å²) in [6, 6.07) is 0. The molecule has 0 atom stereocenters. The maximum Gasteiger partial charge on any atom is 0.279 e. The number of rotatable bonds is 4. The molecule has 1 saturated heterocycles. The molecule has 7 heteroatoms. The minimum absolute atomic E-state index is 0. The Labute approximate surface area is 98.0 Å². The standard InChI is InChI=1S/C8H19N3O2S.ClH/c1-8(2,7-9)10-14(12,13)11-5-3-4-6-11;/h10H,3-7,9H2,1-2H3;1H. The fourth-order valence-electron chi connectivity index (χ4n) is 1.38. The first-order valence-corrected chi connectivity index (χ1v) is 6.30. The fourth-order valence-corrected chi connectivity index (χ4v) is 3.03. The van der Waals surface area contributed by atoms with Crippen molar-refractivity contribution in [3.05, 3.63) is 0 Å². The molecule has 1 heterocycles. The third-order valence-corrected chi connectivity index (χ3v) is 4.18. The fraction of sp³-hybridized carbons (Fsp3) is 1.00. The quantitative estimate of drug-likeness (QED) is 0.749. The van der Waals surface area contributed by atoms with Gasteiger partial charge < -0.3 is 5.73 Å². The molecule has 0 aliphatic carbocycles. The summed E-state index contributed by atoms with van der Waals surface area (Å²) in [4.78, 5) is 0. The highest BCUT2D eigenvalue weighted by Gasteiger charge is 2.30. The Morgan fingerprint density at radius 1 is 1.33 bits per heavy atom. The van der Waals surface area contributed by atoms with E-state index in [-0.39, 0.29) is 12.4 Å². The number of nitrogens with one attached hydrogen (secondary N) is 1. The van der Waals surface area contributed by atoms with Crippen molar-refractivity contribution in [3.8, 4) is 0 Å². The molecule has 3 N–H and O–H groups in total. The van der Waals surface area contributed by atoms with Gasteiger partial charge in [-0.25, -0.2) is 0 Å². The SMILES string of the molecule is CC(C)(CN)NS(=O)(=O)N1CCCC1.Cl. The van der Waals surface area contributed by atoms with Crippen LogP contribution in [0.5, 0.6) is 0 Å². The molecule has 0 radical (unpaired) electrons. The van der Waals surface area contributed by atoms with Crippen molar-refractivity contribution in [2.45, 2.75) is 32.2 Å². The van der Waals surface area contributed by atoms with E-state index in [2.05, 4.69) is 4.72 Å². The monoisotopic (exact) mass is 257 g/mol. The lowest BCUT2D eigenvalue weighted by Crippen LogP contribution is -2.53. The van der Waals surface area contributed by atoms with Crippen LogP contribution in [-0.4, -0.2) is 37.9 Å². The van der Waals surface area contributed by atoms with E-state index in [0.717, 1.165) is 12.8 Å². The van der Waals surface area contributed by atoms with Gasteiger partial charge in [-0.2, -0.15) is 17.4 Å². The van der Waals surface area contributed by atoms with E-state index < -0.39 is 15.7 Å². The van der Waals surface area contributed by atoms with E-state index >= 15 is 0 Å². The van der Waals surface area contributed by atoms with Crippen LogP contribution >= 0.6 is 12.4 Å². The van der Waals surface area contributed by atoms with Crippen LogP contribution in [0.1, 0.15) is 26.7 Å². The zero-order valence-electron chi connectivity index (χ0n) is 9.19. The molecule has 1 fully saturated rings. The van der Waals surface area contributed by atoms with Gasteiger partial charge in [-0.15, -0.1) is 12.4 Å². The molecular weight excluding hydrogens is 238 g/mol. The molecule has 5 nitrogen and oxygen atoms in total. The van der Waals surface area contributed by atoms with Crippen molar-refractivity contribution in [1.82, 2.24) is 9.03 Å². The second-order valence-corrected chi connectivity index (χ2v) is 5.97. The Hall–Kier alpha value is 0.120. The normalized spacial score (nSPS) is 18.9. The van der Waals surface area contributed by atoms with E-state index in [0.29, 0.717) is 19.6 Å². The van der Waals surface area contributed by atoms with Crippen molar-refractivity contribution >= 4 is 22.6 Å². The van der Waals surface area contributed by atoms with Crippen molar-refractivity contribution in [2.24, 2.45) is 5.73 Å². The minimum atomic E-state index is -3.33. The largest absolute Gasteiger partial charge is 0.329 e. The first-order valence-electron chi connectivity index (χ1n) is 4.86. The predicted octanol–water partition coefficient (Wildman–Crippen LogP) is 0.0757. The second kappa shape index (κ2) is 5.45. The van der Waals surface area contributed by atoms with Crippen LogP contribution in [0.15, 0.2) is 0 Å². The molecule has 0 aromatic rings. The van der Waals surface area contributed by atoms with Crippen molar-refractivity contribution < 1.29 is 8.42 Å². The highest BCUT2D eigenvalue weighted by molar-refractivity contribution is 7.87. The Balaban J connectivity index is 0.00000196. The lowest BCUT2D eigenvalue weighted by Gasteiger charge is -2.27. The van der Waals surface area contributed by atoms with Crippen LogP contribution in [0, 0.1) is 0 Å². The number of halogens is 1. The molecule has 1 rings (SSSR count). The molecular formula is C8H20ClN3O2S. The Morgan fingerprint density at radius 3 is 2.20 bits per heavy atom. The van der Waals surface area contributed by atoms with E-state index in [9.17, 15) is 8.42 Å². The number of hydrogen-bond acceptors (Lipinski definition) is 3. The minimum Gasteiger partial charge on any atom is -0.329 e. The average Bonchev–Trinajstić information content (AvgIpc) is 2.54. The summed E-state index contributed by atoms with van der Waals surface area (Å²) in [5.74, 6) is 0. The maximum absolute atomic E-state index is 11.8. The van der Waals surface area contributed by atoms with Gasteiger partial charge in [0.15, 0.2) is 0 Å². The molecule has 92 valence electrons. The molecule has 0 unspecified atom stereocenters. The molecule has 1 aliphatic heterocycles. The van der Waals surface area contributed by atoms with Gasteiger partial charge >= 0.3 is 0 Å². The molecule has 0 amide bonds. The first kappa shape index (κ1) is 15.1. The molecule has 0 aromatic heterocycles. The highest BCUT2D eigenvalue weighted by atomic mass is 35.5. The summed E-state index contributed by atoms with van der Waals surface area (Å²) in [6.07, 6.45) is 1.90. The van der Waals surface area contributed by atoms with Crippen LogP contribution in [0.3, 0.4) is 0 Å². The summed E-state index contributed by atoms with van der Waals surface area (Å²) in [7, 11) is -3.33. The summed E-state index contributed by atoms with van der Waals surface area (Å²) >= 11 is 0. The number of nitrogens with two attached hydrogens (primary N) is 1. The van der Waals surface area contributed by atoms with Crippen LogP contribution in [0.2, 0.25) is 0 Å². The van der Waals surface area contributed by atoms with Crippen molar-refractivity contribution in [3.63, 3.8) is 0 Å². The molecule has 0 bridgehead atoms. The summed E-state index contributed by atoms with van der Waals surface area (Å²) in [5, 5.41) is 0. The smallest absolute Gasteiger partial charge is 0.279 e. The summed E-state index contributed by atoms with van der Waals surface area (Å²) in [5.41, 5.74) is 4.90. The molecule has 0 saturated carbocycles. The predicted molar refractivity (Wildman–Crippen MR) is 63.2 cm³/mol. The maximum atomic E-state index is 11.8. The zero-order valence-corrected chi connectivity index (χ0v) is 10.8. The van der Waals surface area contributed by atoms with Crippen LogP contribution in [0.4, 0.5) is 0 Å². The third-order valence-electron chi connectivity index (χ3n) is 2.32. The van der Waals surface area contributed by atoms with E-state index in [4.69, 9.17) is 5.73 Å². The van der Waals surface area contributed by atoms with E-state index in [1.165, 1.54) is 4.31 Å². The lowest BCUT2D eigenvalue weighted by atomic mass is 10.1. The Kier molecular flexibility index (Phi) is 5.49. The molecule has 0 spiro atoms. The van der Waals surface area contributed by atoms with Gasteiger partial charge in [0.1, 0.15) is 0 Å². The number of nitrogens with zero attached hydrogens (tertiary/aromatic N) is 1. The van der Waals surface area contributed by atoms with Gasteiger partial charge in [-0.3, -0.25) is 0 Å². The van der Waals surface area contributed by atoms with Crippen LogP contribution < -0.4 is 10.5 Å². The molecule has 1 aliphatic rings. The summed E-state index contributed by atoms with van der Waals surface area (Å²) < 4.78 is 27.6.